The zero-order valence-electron chi connectivity index (χ0n) is 14.9. The molecule has 2 aromatic carbocycles. The van der Waals surface area contributed by atoms with Gasteiger partial charge in [-0.1, -0.05) is 23.5 Å². The number of ether oxygens (including phenoxy) is 2. The van der Waals surface area contributed by atoms with Gasteiger partial charge in [-0.25, -0.2) is 4.98 Å². The third-order valence-corrected chi connectivity index (χ3v) is 6.54. The maximum atomic E-state index is 12.7. The Kier molecular flexibility index (Phi) is 5.49. The van der Waals surface area contributed by atoms with Crippen LogP contribution in [0.25, 0.3) is 10.2 Å². The summed E-state index contributed by atoms with van der Waals surface area (Å²) in [7, 11) is 1.65. The first-order valence-electron chi connectivity index (χ1n) is 8.79. The van der Waals surface area contributed by atoms with Crippen molar-refractivity contribution in [1.82, 2.24) is 9.88 Å². The molecule has 1 saturated heterocycles. The van der Waals surface area contributed by atoms with Crippen LogP contribution in [-0.4, -0.2) is 42.1 Å². The van der Waals surface area contributed by atoms with Crippen LogP contribution in [0, 0.1) is 3.57 Å². The number of hydrogen-bond donors (Lipinski definition) is 0. The number of hydrogen-bond acceptors (Lipinski definition) is 5. The van der Waals surface area contributed by atoms with Gasteiger partial charge in [0.05, 0.1) is 22.9 Å². The molecule has 0 saturated carbocycles. The Morgan fingerprint density at radius 2 is 2.00 bits per heavy atom. The lowest BCUT2D eigenvalue weighted by Crippen LogP contribution is -2.42. The Labute approximate surface area is 175 Å². The molecule has 3 aromatic rings. The molecule has 1 aromatic heterocycles. The standard InChI is InChI=1S/C20H19IN2O3S/c1-25-14-6-7-18-17(12-14)22-20(27-18)26-13-8-10-23(11-9-13)19(24)15-4-2-3-5-16(15)21/h2-7,12-13H,8-11H2,1H3. The lowest BCUT2D eigenvalue weighted by molar-refractivity contribution is 0.0594. The first-order chi connectivity index (χ1) is 13.1. The highest BCUT2D eigenvalue weighted by molar-refractivity contribution is 14.1. The summed E-state index contributed by atoms with van der Waals surface area (Å²) in [5.74, 6) is 0.896. The van der Waals surface area contributed by atoms with Crippen molar-refractivity contribution in [2.24, 2.45) is 0 Å². The summed E-state index contributed by atoms with van der Waals surface area (Å²) in [6.45, 7) is 1.40. The number of nitrogens with zero attached hydrogens (tertiary/aromatic N) is 2. The van der Waals surface area contributed by atoms with E-state index in [1.165, 1.54) is 0 Å². The van der Waals surface area contributed by atoms with Crippen LogP contribution in [0.5, 0.6) is 10.9 Å². The number of benzene rings is 2. The van der Waals surface area contributed by atoms with Crippen LogP contribution < -0.4 is 9.47 Å². The van der Waals surface area contributed by atoms with Crippen molar-refractivity contribution in [3.05, 3.63) is 51.6 Å². The first kappa shape index (κ1) is 18.5. The molecule has 1 amide bonds. The first-order valence-corrected chi connectivity index (χ1v) is 10.7. The number of aromatic nitrogens is 1. The number of fused-ring (bicyclic) bond motifs is 1. The molecule has 5 nitrogen and oxygen atoms in total. The SMILES string of the molecule is COc1ccc2sc(OC3CCN(C(=O)c4ccccc4I)CC3)nc2c1. The largest absolute Gasteiger partial charge is 0.497 e. The minimum atomic E-state index is 0.0892. The Bertz CT molecular complexity index is 967. The van der Waals surface area contributed by atoms with Gasteiger partial charge in [-0.2, -0.15) is 0 Å². The molecule has 27 heavy (non-hydrogen) atoms. The molecular formula is C20H19IN2O3S. The van der Waals surface area contributed by atoms with Crippen LogP contribution in [0.1, 0.15) is 23.2 Å². The topological polar surface area (TPSA) is 51.7 Å². The van der Waals surface area contributed by atoms with Gasteiger partial charge in [0.2, 0.25) is 0 Å². The van der Waals surface area contributed by atoms with Crippen molar-refractivity contribution in [2.45, 2.75) is 18.9 Å². The fourth-order valence-electron chi connectivity index (χ4n) is 3.19. The monoisotopic (exact) mass is 494 g/mol. The summed E-state index contributed by atoms with van der Waals surface area (Å²) in [4.78, 5) is 19.2. The maximum absolute atomic E-state index is 12.7. The van der Waals surface area contributed by atoms with Gasteiger partial charge in [0.1, 0.15) is 11.9 Å². The third-order valence-electron chi connectivity index (χ3n) is 4.68. The van der Waals surface area contributed by atoms with E-state index in [2.05, 4.69) is 27.6 Å². The Morgan fingerprint density at radius 3 is 2.74 bits per heavy atom. The average Bonchev–Trinajstić information content (AvgIpc) is 3.09. The fourth-order valence-corrected chi connectivity index (χ4v) is 4.67. The predicted octanol–water partition coefficient (Wildman–Crippen LogP) is 4.59. The highest BCUT2D eigenvalue weighted by Gasteiger charge is 2.26. The molecule has 0 atom stereocenters. The number of amides is 1. The van der Waals surface area contributed by atoms with E-state index in [1.807, 2.05) is 47.4 Å². The number of rotatable bonds is 4. The molecule has 2 heterocycles. The smallest absolute Gasteiger partial charge is 0.274 e. The Morgan fingerprint density at radius 1 is 1.22 bits per heavy atom. The van der Waals surface area contributed by atoms with E-state index >= 15 is 0 Å². The second-order valence-electron chi connectivity index (χ2n) is 6.40. The van der Waals surface area contributed by atoms with Crippen molar-refractivity contribution in [3.8, 4) is 10.9 Å². The van der Waals surface area contributed by atoms with Crippen molar-refractivity contribution >= 4 is 50.1 Å². The van der Waals surface area contributed by atoms with Gasteiger partial charge in [-0.3, -0.25) is 4.79 Å². The highest BCUT2D eigenvalue weighted by atomic mass is 127. The molecule has 0 unspecified atom stereocenters. The van der Waals surface area contributed by atoms with E-state index in [1.54, 1.807) is 18.4 Å². The number of likely N-dealkylation sites (tertiary alicyclic amines) is 1. The Hall–Kier alpha value is -1.87. The summed E-state index contributed by atoms with van der Waals surface area (Å²) >= 11 is 3.76. The predicted molar refractivity (Wildman–Crippen MR) is 115 cm³/mol. The fraction of sp³-hybridized carbons (Fsp3) is 0.300. The molecule has 1 aliphatic rings. The van der Waals surface area contributed by atoms with E-state index in [0.29, 0.717) is 18.3 Å². The van der Waals surface area contributed by atoms with Crippen molar-refractivity contribution in [2.75, 3.05) is 20.2 Å². The van der Waals surface area contributed by atoms with Gasteiger partial charge in [0, 0.05) is 35.6 Å². The molecule has 0 aliphatic carbocycles. The zero-order valence-corrected chi connectivity index (χ0v) is 17.8. The average molecular weight is 494 g/mol. The number of carbonyl (C=O) groups excluding carboxylic acids is 1. The van der Waals surface area contributed by atoms with Crippen LogP contribution in [0.2, 0.25) is 0 Å². The Balaban J connectivity index is 1.38. The van der Waals surface area contributed by atoms with Crippen LogP contribution >= 0.6 is 33.9 Å². The minimum Gasteiger partial charge on any atom is -0.497 e. The summed E-state index contributed by atoms with van der Waals surface area (Å²) in [6, 6.07) is 13.6. The number of thiazole rings is 1. The summed E-state index contributed by atoms with van der Waals surface area (Å²) in [6.07, 6.45) is 1.72. The normalized spacial score (nSPS) is 15.1. The van der Waals surface area contributed by atoms with Crippen LogP contribution in [0.15, 0.2) is 42.5 Å². The van der Waals surface area contributed by atoms with Crippen molar-refractivity contribution < 1.29 is 14.3 Å². The van der Waals surface area contributed by atoms with Gasteiger partial charge in [0.25, 0.3) is 11.1 Å². The van der Waals surface area contributed by atoms with Crippen LogP contribution in [0.3, 0.4) is 0 Å². The van der Waals surface area contributed by atoms with Gasteiger partial charge in [-0.05, 0) is 46.9 Å². The highest BCUT2D eigenvalue weighted by Crippen LogP contribution is 2.32. The number of piperidine rings is 1. The van der Waals surface area contributed by atoms with Crippen molar-refractivity contribution in [1.29, 1.82) is 0 Å². The summed E-state index contributed by atoms with van der Waals surface area (Å²) in [5, 5.41) is 0.681. The van der Waals surface area contributed by atoms with E-state index in [-0.39, 0.29) is 12.0 Å². The molecule has 4 rings (SSSR count). The summed E-state index contributed by atoms with van der Waals surface area (Å²) in [5.41, 5.74) is 1.67. The summed E-state index contributed by atoms with van der Waals surface area (Å²) < 4.78 is 13.4. The number of halogens is 1. The van der Waals surface area contributed by atoms with Crippen LogP contribution in [0.4, 0.5) is 0 Å². The van der Waals surface area contributed by atoms with Crippen molar-refractivity contribution in [3.63, 3.8) is 0 Å². The minimum absolute atomic E-state index is 0.0892. The molecule has 7 heteroatoms. The molecule has 0 radical (unpaired) electrons. The quantitative estimate of drug-likeness (QED) is 0.498. The molecule has 0 N–H and O–H groups in total. The van der Waals surface area contributed by atoms with Gasteiger partial charge in [0.15, 0.2) is 0 Å². The number of carbonyl (C=O) groups is 1. The molecule has 0 spiro atoms. The lowest BCUT2D eigenvalue weighted by atomic mass is 10.1. The van der Waals surface area contributed by atoms with Gasteiger partial charge in [-0.15, -0.1) is 0 Å². The van der Waals surface area contributed by atoms with Gasteiger partial charge >= 0.3 is 0 Å². The molecule has 0 bridgehead atoms. The van der Waals surface area contributed by atoms with E-state index < -0.39 is 0 Å². The maximum Gasteiger partial charge on any atom is 0.274 e. The zero-order chi connectivity index (χ0) is 18.8. The van der Waals surface area contributed by atoms with Crippen LogP contribution in [-0.2, 0) is 0 Å². The lowest BCUT2D eigenvalue weighted by Gasteiger charge is -2.31. The van der Waals surface area contributed by atoms with E-state index in [4.69, 9.17) is 9.47 Å². The third kappa shape index (κ3) is 4.03. The number of methoxy groups -OCH3 is 1. The molecular weight excluding hydrogens is 475 g/mol. The molecule has 1 aliphatic heterocycles. The van der Waals surface area contributed by atoms with E-state index in [9.17, 15) is 4.79 Å². The second-order valence-corrected chi connectivity index (χ2v) is 8.56. The molecule has 1 fully saturated rings. The van der Waals surface area contributed by atoms with Gasteiger partial charge < -0.3 is 14.4 Å². The second kappa shape index (κ2) is 8.02. The molecule has 140 valence electrons. The van der Waals surface area contributed by atoms with E-state index in [0.717, 1.165) is 37.9 Å².